The largest absolute Gasteiger partial charge is 0.444 e. The number of likely N-dealkylation sites (N-methyl/N-ethyl adjacent to an activating group) is 1. The number of allylic oxidation sites excluding steroid dienone is 1. The van der Waals surface area contributed by atoms with Gasteiger partial charge >= 0.3 is 6.09 Å². The van der Waals surface area contributed by atoms with Crippen LogP contribution in [0.15, 0.2) is 43.5 Å². The Morgan fingerprint density at radius 1 is 1.36 bits per heavy atom. The quantitative estimate of drug-likeness (QED) is 0.353. The highest BCUT2D eigenvalue weighted by Crippen LogP contribution is 2.43. The average molecular weight is 535 g/mol. The third kappa shape index (κ3) is 9.52. The van der Waals surface area contributed by atoms with E-state index in [4.69, 9.17) is 21.1 Å². The number of carbonyl (C=O) groups is 1. The second kappa shape index (κ2) is 14.9. The minimum absolute atomic E-state index is 0.368. The Hall–Kier alpha value is -3.15. The molecule has 8 heteroatoms. The molecule has 0 saturated carbocycles. The number of aryl methyl sites for hydroxylation is 1. The zero-order valence-electron chi connectivity index (χ0n) is 24.2. The molecule has 2 aliphatic rings. The van der Waals surface area contributed by atoms with Crippen molar-refractivity contribution in [2.45, 2.75) is 84.7 Å². The smallest absolute Gasteiger partial charge is 0.407 e. The van der Waals surface area contributed by atoms with Crippen LogP contribution in [0.4, 0.5) is 4.79 Å². The highest BCUT2D eigenvalue weighted by molar-refractivity contribution is 5.67. The average Bonchev–Trinajstić information content (AvgIpc) is 3.34. The van der Waals surface area contributed by atoms with Crippen molar-refractivity contribution < 1.29 is 9.53 Å². The van der Waals surface area contributed by atoms with Crippen LogP contribution in [0.1, 0.15) is 76.4 Å². The second-order valence-electron chi connectivity index (χ2n) is 11.3. The molecule has 2 aromatic heterocycles. The molecule has 1 aliphatic carbocycles. The number of alkyl carbamates (subject to hydrolysis) is 1. The molecule has 0 bridgehead atoms. The van der Waals surface area contributed by atoms with Crippen LogP contribution < -0.4 is 5.32 Å². The molecule has 0 radical (unpaired) electrons. The van der Waals surface area contributed by atoms with E-state index in [-0.39, 0.29) is 6.09 Å². The van der Waals surface area contributed by atoms with Gasteiger partial charge in [-0.2, -0.15) is 0 Å². The first-order chi connectivity index (χ1) is 18.7. The molecule has 1 aliphatic heterocycles. The van der Waals surface area contributed by atoms with E-state index in [1.807, 2.05) is 33.3 Å². The van der Waals surface area contributed by atoms with Crippen molar-refractivity contribution in [2.75, 3.05) is 26.2 Å². The molecule has 1 amide bonds. The van der Waals surface area contributed by atoms with Crippen LogP contribution >= 0.6 is 0 Å². The van der Waals surface area contributed by atoms with Crippen LogP contribution in [0.5, 0.6) is 0 Å². The zero-order valence-corrected chi connectivity index (χ0v) is 24.2. The number of nitrogens with one attached hydrogen (secondary N) is 1. The molecule has 0 aromatic carbocycles. The van der Waals surface area contributed by atoms with Gasteiger partial charge in [-0.25, -0.2) is 9.78 Å². The molecule has 3 heterocycles. The summed E-state index contributed by atoms with van der Waals surface area (Å²) in [5, 5.41) is 2.84. The van der Waals surface area contributed by atoms with Crippen molar-refractivity contribution in [2.24, 2.45) is 5.92 Å². The highest BCUT2D eigenvalue weighted by atomic mass is 16.6. The monoisotopic (exact) mass is 534 g/mol. The SMILES string of the molecule is C#CCC=C.CCN(CCNC(=O)OC(C)(C)C)Cn1cnc(CN2CCCC3CCc4cccnc4C32)c1. The van der Waals surface area contributed by atoms with Gasteiger partial charge in [-0.05, 0) is 77.1 Å². The summed E-state index contributed by atoms with van der Waals surface area (Å²) in [6, 6.07) is 4.73. The van der Waals surface area contributed by atoms with E-state index in [0.29, 0.717) is 24.9 Å². The Labute approximate surface area is 234 Å². The maximum Gasteiger partial charge on any atom is 0.407 e. The number of ether oxygens (including phenoxy) is 1. The Bertz CT molecular complexity index is 1100. The summed E-state index contributed by atoms with van der Waals surface area (Å²) in [5.74, 6) is 3.10. The number of amides is 1. The molecule has 212 valence electrons. The number of nitrogens with zero attached hydrogens (tertiary/aromatic N) is 5. The topological polar surface area (TPSA) is 75.5 Å². The van der Waals surface area contributed by atoms with Crippen molar-refractivity contribution in [3.63, 3.8) is 0 Å². The lowest BCUT2D eigenvalue weighted by molar-refractivity contribution is 0.0520. The van der Waals surface area contributed by atoms with Crippen LogP contribution in [0.25, 0.3) is 0 Å². The molecule has 4 rings (SSSR count). The number of terminal acetylenes is 1. The van der Waals surface area contributed by atoms with Gasteiger partial charge in [-0.1, -0.05) is 19.1 Å². The van der Waals surface area contributed by atoms with Gasteiger partial charge in [0.25, 0.3) is 0 Å². The van der Waals surface area contributed by atoms with Crippen LogP contribution in [0.3, 0.4) is 0 Å². The van der Waals surface area contributed by atoms with Gasteiger partial charge in [0.05, 0.1) is 30.4 Å². The van der Waals surface area contributed by atoms with Crippen LogP contribution in [0.2, 0.25) is 0 Å². The predicted octanol–water partition coefficient (Wildman–Crippen LogP) is 5.18. The molecular weight excluding hydrogens is 488 g/mol. The van der Waals surface area contributed by atoms with Gasteiger partial charge in [0.15, 0.2) is 0 Å². The molecule has 2 atom stereocenters. The fraction of sp³-hybridized carbons (Fsp3) is 0.581. The van der Waals surface area contributed by atoms with Crippen LogP contribution in [-0.2, 0) is 24.4 Å². The van der Waals surface area contributed by atoms with Crippen LogP contribution in [-0.4, -0.2) is 62.2 Å². The molecule has 8 nitrogen and oxygen atoms in total. The lowest BCUT2D eigenvalue weighted by atomic mass is 9.77. The minimum atomic E-state index is -0.480. The summed E-state index contributed by atoms with van der Waals surface area (Å²) in [4.78, 5) is 26.3. The second-order valence-corrected chi connectivity index (χ2v) is 11.3. The van der Waals surface area contributed by atoms with E-state index in [9.17, 15) is 4.79 Å². The normalized spacial score (nSPS) is 18.7. The molecule has 0 spiro atoms. The lowest BCUT2D eigenvalue weighted by Crippen LogP contribution is -2.41. The third-order valence-electron chi connectivity index (χ3n) is 7.07. The van der Waals surface area contributed by atoms with Crippen molar-refractivity contribution in [3.05, 3.63) is 60.5 Å². The van der Waals surface area contributed by atoms with Crippen molar-refractivity contribution >= 4 is 6.09 Å². The van der Waals surface area contributed by atoms with Gasteiger partial charge in [-0.15, -0.1) is 18.9 Å². The third-order valence-corrected chi connectivity index (χ3v) is 7.07. The van der Waals surface area contributed by atoms with E-state index < -0.39 is 5.60 Å². The Morgan fingerprint density at radius 2 is 2.18 bits per heavy atom. The summed E-state index contributed by atoms with van der Waals surface area (Å²) < 4.78 is 7.45. The summed E-state index contributed by atoms with van der Waals surface area (Å²) in [6.45, 7) is 16.0. The number of piperidine rings is 1. The van der Waals surface area contributed by atoms with E-state index >= 15 is 0 Å². The first-order valence-corrected chi connectivity index (χ1v) is 14.2. The Morgan fingerprint density at radius 3 is 2.87 bits per heavy atom. The fourth-order valence-electron chi connectivity index (χ4n) is 5.34. The molecular formula is C31H46N6O2. The molecule has 2 unspecified atom stereocenters. The van der Waals surface area contributed by atoms with Gasteiger partial charge < -0.3 is 14.6 Å². The van der Waals surface area contributed by atoms with E-state index in [0.717, 1.165) is 45.0 Å². The number of pyridine rings is 1. The fourth-order valence-corrected chi connectivity index (χ4v) is 5.34. The maximum absolute atomic E-state index is 11.9. The summed E-state index contributed by atoms with van der Waals surface area (Å²) in [7, 11) is 0. The number of carbonyl (C=O) groups excluding carboxylic acids is 1. The molecule has 39 heavy (non-hydrogen) atoms. The first-order valence-electron chi connectivity index (χ1n) is 14.2. The van der Waals surface area contributed by atoms with Gasteiger partial charge in [0.1, 0.15) is 5.60 Å². The highest BCUT2D eigenvalue weighted by Gasteiger charge is 2.37. The Kier molecular flexibility index (Phi) is 11.6. The standard InChI is InChI=1S/C26H40N6O2.C5H6/c1-5-30(15-13-28-25(33)34-26(2,3)4)19-31-16-22(29-18-31)17-32-14-7-9-21-11-10-20-8-6-12-27-23(20)24(21)32;1-3-5-4-2/h6,8,12,16,18,21,24H,5,7,9-11,13-15,17,19H2,1-4H3,(H,28,33);1,4H,2,5H2. The predicted molar refractivity (Wildman–Crippen MR) is 156 cm³/mol. The molecule has 1 saturated heterocycles. The zero-order chi connectivity index (χ0) is 28.3. The number of aromatic nitrogens is 3. The van der Waals surface area contributed by atoms with Crippen molar-refractivity contribution in [3.8, 4) is 12.3 Å². The number of imidazole rings is 1. The molecule has 1 N–H and O–H groups in total. The van der Waals surface area contributed by atoms with Crippen LogP contribution in [0, 0.1) is 18.3 Å². The number of hydrogen-bond acceptors (Lipinski definition) is 6. The van der Waals surface area contributed by atoms with E-state index in [2.05, 4.69) is 57.4 Å². The number of fused-ring (bicyclic) bond motifs is 3. The minimum Gasteiger partial charge on any atom is -0.444 e. The van der Waals surface area contributed by atoms with Gasteiger partial charge in [0, 0.05) is 38.4 Å². The Balaban J connectivity index is 0.000000771. The number of hydrogen-bond donors (Lipinski definition) is 1. The molecule has 2 aromatic rings. The van der Waals surface area contributed by atoms with Gasteiger partial charge in [0.2, 0.25) is 0 Å². The maximum atomic E-state index is 11.9. The summed E-state index contributed by atoms with van der Waals surface area (Å²) >= 11 is 0. The van der Waals surface area contributed by atoms with Gasteiger partial charge in [-0.3, -0.25) is 14.8 Å². The van der Waals surface area contributed by atoms with E-state index in [1.54, 1.807) is 6.08 Å². The van der Waals surface area contributed by atoms with Crippen molar-refractivity contribution in [1.29, 1.82) is 0 Å². The first kappa shape index (κ1) is 30.4. The summed E-state index contributed by atoms with van der Waals surface area (Å²) in [6.07, 6.45) is 17.8. The lowest BCUT2D eigenvalue weighted by Gasteiger charge is -2.44. The molecule has 1 fully saturated rings. The number of rotatable bonds is 9. The number of likely N-dealkylation sites (tertiary alicyclic amines) is 1. The van der Waals surface area contributed by atoms with Crippen molar-refractivity contribution in [1.82, 2.24) is 29.7 Å². The van der Waals surface area contributed by atoms with E-state index in [1.165, 1.54) is 30.5 Å². The summed E-state index contributed by atoms with van der Waals surface area (Å²) in [5.41, 5.74) is 3.32.